The molecule has 0 fully saturated rings. The highest BCUT2D eigenvalue weighted by Gasteiger charge is 2.35. The first kappa shape index (κ1) is 20.1. The van der Waals surface area contributed by atoms with Crippen LogP contribution in [-0.4, -0.2) is 30.1 Å². The van der Waals surface area contributed by atoms with Crippen molar-refractivity contribution in [1.29, 1.82) is 0 Å². The van der Waals surface area contributed by atoms with Gasteiger partial charge in [-0.05, 0) is 34.1 Å². The Morgan fingerprint density at radius 2 is 1.93 bits per heavy atom. The number of amides is 1. The molecule has 146 valence electrons. The minimum absolute atomic E-state index is 0.143. The van der Waals surface area contributed by atoms with Crippen LogP contribution in [0.3, 0.4) is 0 Å². The third kappa shape index (κ3) is 4.61. The molecule has 2 aromatic rings. The smallest absolute Gasteiger partial charge is 0.459 e. The van der Waals surface area contributed by atoms with Crippen LogP contribution in [0, 0.1) is 5.41 Å². The molecule has 1 unspecified atom stereocenters. The minimum Gasteiger partial charge on any atom is -0.459 e. The lowest BCUT2D eigenvalue weighted by molar-refractivity contribution is -0.150. The number of rotatable bonds is 5. The van der Waals surface area contributed by atoms with Crippen LogP contribution in [0.2, 0.25) is 0 Å². The molecule has 1 aliphatic rings. The summed E-state index contributed by atoms with van der Waals surface area (Å²) < 4.78 is 10.6. The van der Waals surface area contributed by atoms with E-state index in [1.54, 1.807) is 18.2 Å². The lowest BCUT2D eigenvalue weighted by Crippen LogP contribution is -2.50. The van der Waals surface area contributed by atoms with Crippen molar-refractivity contribution in [3.8, 4) is 0 Å². The van der Waals surface area contributed by atoms with E-state index < -0.39 is 30.5 Å². The molecule has 0 saturated heterocycles. The van der Waals surface area contributed by atoms with Crippen LogP contribution >= 0.6 is 0 Å². The molecule has 0 aromatic heterocycles. The molecule has 0 aliphatic carbocycles. The number of carbonyl (C=O) groups excluding carboxylic acids is 2. The first-order valence-corrected chi connectivity index (χ1v) is 9.19. The summed E-state index contributed by atoms with van der Waals surface area (Å²) in [5.74, 6) is -0.896. The second kappa shape index (κ2) is 8.16. The quantitative estimate of drug-likeness (QED) is 0.610. The van der Waals surface area contributed by atoms with Gasteiger partial charge in [0, 0.05) is 5.56 Å². The fourth-order valence-corrected chi connectivity index (χ4v) is 3.01. The summed E-state index contributed by atoms with van der Waals surface area (Å²) in [4.78, 5) is 25.4. The molecule has 2 aromatic carbocycles. The molecule has 7 heteroatoms. The molecule has 1 amide bonds. The van der Waals surface area contributed by atoms with Gasteiger partial charge in [0.2, 0.25) is 0 Å². The van der Waals surface area contributed by atoms with Gasteiger partial charge in [-0.15, -0.1) is 0 Å². The van der Waals surface area contributed by atoms with E-state index in [1.165, 1.54) is 0 Å². The maximum absolute atomic E-state index is 12.7. The summed E-state index contributed by atoms with van der Waals surface area (Å²) in [6.07, 6.45) is 0. The third-order valence-corrected chi connectivity index (χ3v) is 4.67. The van der Waals surface area contributed by atoms with E-state index in [1.807, 2.05) is 51.1 Å². The summed E-state index contributed by atoms with van der Waals surface area (Å²) in [5, 5.41) is 12.6. The SMILES string of the molecule is CC(C)(C)C(NC(=O)c1ccc2c(c1)B(O)OC2)C(=O)OCc1ccccc1. The first-order valence-electron chi connectivity index (χ1n) is 9.19. The molecule has 1 atom stereocenters. The van der Waals surface area contributed by atoms with Crippen LogP contribution in [0.1, 0.15) is 42.3 Å². The standard InChI is InChI=1S/C21H24BNO5/c1-21(2,3)18(20(25)27-12-14-7-5-4-6-8-14)23-19(24)15-9-10-16-13-28-22(26)17(16)11-15/h4-11,18,26H,12-13H2,1-3H3,(H,23,24). The van der Waals surface area contributed by atoms with Gasteiger partial charge in [-0.2, -0.15) is 0 Å². The van der Waals surface area contributed by atoms with Crippen LogP contribution in [0.5, 0.6) is 0 Å². The number of hydrogen-bond donors (Lipinski definition) is 2. The van der Waals surface area contributed by atoms with Gasteiger partial charge in [0.05, 0.1) is 6.61 Å². The van der Waals surface area contributed by atoms with Gasteiger partial charge in [-0.1, -0.05) is 57.2 Å². The summed E-state index contributed by atoms with van der Waals surface area (Å²) in [6.45, 7) is 6.05. The molecule has 1 aliphatic heterocycles. The zero-order valence-electron chi connectivity index (χ0n) is 16.3. The number of fused-ring (bicyclic) bond motifs is 1. The lowest BCUT2D eigenvalue weighted by Gasteiger charge is -2.29. The van der Waals surface area contributed by atoms with Gasteiger partial charge >= 0.3 is 13.1 Å². The normalized spacial score (nSPS) is 14.4. The van der Waals surface area contributed by atoms with Crippen molar-refractivity contribution < 1.29 is 24.0 Å². The predicted octanol–water partition coefficient (Wildman–Crippen LogP) is 1.79. The molecule has 0 spiro atoms. The Morgan fingerprint density at radius 1 is 1.21 bits per heavy atom. The molecule has 2 N–H and O–H groups in total. The molecule has 0 bridgehead atoms. The van der Waals surface area contributed by atoms with Crippen molar-refractivity contribution in [3.63, 3.8) is 0 Å². The molecule has 3 rings (SSSR count). The Kier molecular flexibility index (Phi) is 5.86. The van der Waals surface area contributed by atoms with Gasteiger partial charge in [0.1, 0.15) is 12.6 Å². The Balaban J connectivity index is 1.71. The minimum atomic E-state index is -1.03. The Morgan fingerprint density at radius 3 is 2.61 bits per heavy atom. The largest absolute Gasteiger partial charge is 0.491 e. The molecular weight excluding hydrogens is 357 g/mol. The van der Waals surface area contributed by atoms with Gasteiger partial charge in [-0.25, -0.2) is 4.79 Å². The molecule has 0 saturated carbocycles. The molecule has 0 radical (unpaired) electrons. The highest BCUT2D eigenvalue weighted by molar-refractivity contribution is 6.61. The summed E-state index contributed by atoms with van der Waals surface area (Å²) in [6, 6.07) is 13.6. The summed E-state index contributed by atoms with van der Waals surface area (Å²) in [5.41, 5.74) is 2.11. The first-order chi connectivity index (χ1) is 13.3. The van der Waals surface area contributed by atoms with E-state index >= 15 is 0 Å². The van der Waals surface area contributed by atoms with Crippen molar-refractivity contribution >= 4 is 24.5 Å². The van der Waals surface area contributed by atoms with Crippen LogP contribution in [0.25, 0.3) is 0 Å². The van der Waals surface area contributed by atoms with E-state index in [-0.39, 0.29) is 6.61 Å². The summed E-state index contributed by atoms with van der Waals surface area (Å²) in [7, 11) is -1.03. The highest BCUT2D eigenvalue weighted by Crippen LogP contribution is 2.22. The zero-order chi connectivity index (χ0) is 20.3. The Bertz CT molecular complexity index is 863. The third-order valence-electron chi connectivity index (χ3n) is 4.67. The van der Waals surface area contributed by atoms with E-state index in [2.05, 4.69) is 5.32 Å². The molecular formula is C21H24BNO5. The van der Waals surface area contributed by atoms with Crippen molar-refractivity contribution in [2.75, 3.05) is 0 Å². The monoisotopic (exact) mass is 381 g/mol. The maximum atomic E-state index is 12.7. The van der Waals surface area contributed by atoms with E-state index in [0.717, 1.165) is 11.1 Å². The van der Waals surface area contributed by atoms with Crippen LogP contribution in [0.4, 0.5) is 0 Å². The fraction of sp³-hybridized carbons (Fsp3) is 0.333. The zero-order valence-corrected chi connectivity index (χ0v) is 16.3. The predicted molar refractivity (Wildman–Crippen MR) is 106 cm³/mol. The average Bonchev–Trinajstić information content (AvgIpc) is 3.04. The van der Waals surface area contributed by atoms with Gasteiger partial charge in [0.15, 0.2) is 0 Å². The van der Waals surface area contributed by atoms with Crippen molar-refractivity contribution in [2.45, 2.75) is 40.0 Å². The Labute approximate surface area is 165 Å². The van der Waals surface area contributed by atoms with Crippen molar-refractivity contribution in [2.24, 2.45) is 5.41 Å². The van der Waals surface area contributed by atoms with E-state index in [0.29, 0.717) is 17.6 Å². The number of esters is 1. The van der Waals surface area contributed by atoms with E-state index in [4.69, 9.17) is 9.39 Å². The van der Waals surface area contributed by atoms with Crippen LogP contribution in [0.15, 0.2) is 48.5 Å². The molecule has 6 nitrogen and oxygen atoms in total. The average molecular weight is 381 g/mol. The number of hydrogen-bond acceptors (Lipinski definition) is 5. The number of nitrogens with one attached hydrogen (secondary N) is 1. The second-order valence-corrected chi connectivity index (χ2v) is 7.94. The lowest BCUT2D eigenvalue weighted by atomic mass is 9.78. The number of benzene rings is 2. The van der Waals surface area contributed by atoms with Gasteiger partial charge < -0.3 is 19.7 Å². The van der Waals surface area contributed by atoms with Gasteiger partial charge in [-0.3, -0.25) is 4.79 Å². The van der Waals surface area contributed by atoms with Crippen LogP contribution < -0.4 is 10.8 Å². The van der Waals surface area contributed by atoms with Crippen LogP contribution in [-0.2, 0) is 27.4 Å². The fourth-order valence-electron chi connectivity index (χ4n) is 3.01. The summed E-state index contributed by atoms with van der Waals surface area (Å²) >= 11 is 0. The molecule has 1 heterocycles. The Hall–Kier alpha value is -2.64. The topological polar surface area (TPSA) is 84.9 Å². The highest BCUT2D eigenvalue weighted by atomic mass is 16.5. The van der Waals surface area contributed by atoms with Gasteiger partial charge in [0.25, 0.3) is 5.91 Å². The second-order valence-electron chi connectivity index (χ2n) is 7.94. The van der Waals surface area contributed by atoms with Crippen molar-refractivity contribution in [3.05, 3.63) is 65.2 Å². The molecule has 28 heavy (non-hydrogen) atoms. The number of ether oxygens (including phenoxy) is 1. The van der Waals surface area contributed by atoms with Crippen molar-refractivity contribution in [1.82, 2.24) is 5.32 Å². The maximum Gasteiger partial charge on any atom is 0.491 e. The van der Waals surface area contributed by atoms with E-state index in [9.17, 15) is 14.6 Å². The number of carbonyl (C=O) groups is 2.